The van der Waals surface area contributed by atoms with Gasteiger partial charge in [0.1, 0.15) is 97.6 Å². The van der Waals surface area contributed by atoms with Gasteiger partial charge in [0, 0.05) is 6.92 Å². The van der Waals surface area contributed by atoms with Gasteiger partial charge in [-0.05, 0) is 79.1 Å². The van der Waals surface area contributed by atoms with E-state index in [9.17, 15) is 9.90 Å². The zero-order valence-electron chi connectivity index (χ0n) is 70.1. The average molecular weight is 1770 g/mol. The molecule has 2 N–H and O–H groups in total. The number of carbonyl (C=O) groups excluding carboxylic acids is 2. The number of fused-ring (bicyclic) bond motifs is 1. The Kier molecular flexibility index (Phi) is 33.6. The van der Waals surface area contributed by atoms with Crippen molar-refractivity contribution in [2.24, 2.45) is 0 Å². The predicted molar refractivity (Wildman–Crippen MR) is 456 cm³/mol. The lowest BCUT2D eigenvalue weighted by Crippen LogP contribution is -2.73. The van der Waals surface area contributed by atoms with E-state index in [2.05, 4.69) is 11.9 Å². The molecule has 25 nitrogen and oxygen atoms in total. The number of rotatable bonds is 38. The van der Waals surface area contributed by atoms with Crippen LogP contribution in [0.3, 0.4) is 0 Å². The van der Waals surface area contributed by atoms with Gasteiger partial charge in [-0.15, -0.1) is 6.58 Å². The van der Waals surface area contributed by atoms with Crippen LogP contribution in [-0.2, 0) is 162 Å². The van der Waals surface area contributed by atoms with Crippen molar-refractivity contribution in [3.05, 3.63) is 300 Å². The Balaban J connectivity index is 0.863. The van der Waals surface area contributed by atoms with E-state index in [4.69, 9.17) is 134 Å². The Morgan fingerprint density at radius 1 is 0.419 bits per heavy atom. The second kappa shape index (κ2) is 44.9. The largest absolute Gasteiger partial charge is 0.454 e. The Bertz CT molecular complexity index is 4510. The highest BCUT2D eigenvalue weighted by Gasteiger charge is 2.62. The third-order valence-electron chi connectivity index (χ3n) is 22.2. The molecular formula is C96H110Cl3NO24. The molecule has 6 fully saturated rings. The van der Waals surface area contributed by atoms with E-state index in [1.54, 1.807) is 33.8 Å². The van der Waals surface area contributed by atoms with Gasteiger partial charge in [-0.1, -0.05) is 284 Å². The van der Waals surface area contributed by atoms with Gasteiger partial charge in [0.25, 0.3) is 9.70 Å². The van der Waals surface area contributed by atoms with Crippen molar-refractivity contribution >= 4 is 46.7 Å². The number of hydrogen-bond acceptors (Lipinski definition) is 24. The van der Waals surface area contributed by atoms with Crippen LogP contribution < -0.4 is 5.32 Å². The van der Waals surface area contributed by atoms with Crippen molar-refractivity contribution < 1.29 is 114 Å². The molecule has 8 aromatic carbocycles. The fraction of sp³-hybridized carbons (Fsp3) is 0.458. The first-order valence-corrected chi connectivity index (χ1v) is 43.2. The van der Waals surface area contributed by atoms with Crippen LogP contribution in [0, 0.1) is 0 Å². The number of amides is 1. The molecule has 0 saturated carbocycles. The molecule has 6 saturated heterocycles. The van der Waals surface area contributed by atoms with E-state index in [1.807, 2.05) is 250 Å². The molecule has 14 rings (SSSR count). The third-order valence-corrected chi connectivity index (χ3v) is 22.8. The molecule has 6 aliphatic rings. The second-order valence-electron chi connectivity index (χ2n) is 31.9. The summed E-state index contributed by atoms with van der Waals surface area (Å²) >= 11 is 20.0. The van der Waals surface area contributed by atoms with Gasteiger partial charge < -0.3 is 110 Å². The maximum Gasteiger partial charge on any atom is 0.303 e. The Morgan fingerprint density at radius 3 is 1.21 bits per heavy atom. The first kappa shape index (κ1) is 92.6. The molecule has 0 aromatic heterocycles. The molecule has 0 spiro atoms. The van der Waals surface area contributed by atoms with Gasteiger partial charge in [-0.25, -0.2) is 0 Å². The number of aliphatic hydroxyl groups is 1. The van der Waals surface area contributed by atoms with Gasteiger partial charge in [0.15, 0.2) is 43.3 Å². The lowest BCUT2D eigenvalue weighted by molar-refractivity contribution is -0.417. The molecule has 28 heteroatoms. The van der Waals surface area contributed by atoms with E-state index in [1.165, 1.54) is 6.92 Å². The standard InChI is InChI=1S/C96H110Cl3NO24/c1-8-49-105-91-87(84(77(61(3)115-91)107-52-66-37-21-11-22-38-66)122-92-86(112-57-71-47-31-16-32-48-71)83(111-56-70-45-29-15-30-46-70)79(109-54-68-41-25-13-26-42-68)72(119-92)58-104-50-64-33-17-9-18-34-64)123-89-74(100-94(103)96(97,98)99)81(80-73(118-89)59-113-95(6,7)124-80)120-93-88(117-63(5)101)85(78(62(4)116-93)108-53-67-39-23-12-24-40-67)121-90-75(102)82(110-55-69-43-27-14-28-44-69)76(60(2)114-90)106-51-65-35-19-10-20-36-65/h8-48,60-62,72-93,102H,1,49-59H2,2-7H3,(H,100,103)/t60-,61-,62-,72+,73+,74+,75+,76?,77-,78-,79+,80+,81+,82-,83-,84+,85+,86+,87+,88+,89-,90?,91+,92+,93-/m0/s1. The van der Waals surface area contributed by atoms with Crippen LogP contribution in [0.1, 0.15) is 86.1 Å². The highest BCUT2D eigenvalue weighted by Crippen LogP contribution is 2.44. The lowest BCUT2D eigenvalue weighted by atomic mass is 9.93. The van der Waals surface area contributed by atoms with Crippen molar-refractivity contribution in [2.45, 2.75) is 257 Å². The highest BCUT2D eigenvalue weighted by atomic mass is 35.6. The molecule has 6 aliphatic heterocycles. The van der Waals surface area contributed by atoms with Crippen LogP contribution in [0.15, 0.2) is 255 Å². The van der Waals surface area contributed by atoms with Gasteiger partial charge in [0.05, 0.1) is 91.0 Å². The molecule has 8 aromatic rings. The molecule has 2 unspecified atom stereocenters. The number of esters is 1. The maximum atomic E-state index is 15.1. The summed E-state index contributed by atoms with van der Waals surface area (Å²) in [7, 11) is 0. The Labute approximate surface area is 739 Å². The van der Waals surface area contributed by atoms with Crippen molar-refractivity contribution in [3.63, 3.8) is 0 Å². The molecule has 124 heavy (non-hydrogen) atoms. The van der Waals surface area contributed by atoms with Crippen LogP contribution in [0.2, 0.25) is 0 Å². The fourth-order valence-corrected chi connectivity index (χ4v) is 16.3. The van der Waals surface area contributed by atoms with Crippen LogP contribution in [-0.4, -0.2) is 200 Å². The minimum atomic E-state index is -2.68. The van der Waals surface area contributed by atoms with E-state index >= 15 is 4.79 Å². The number of hydrogen-bond donors (Lipinski definition) is 2. The average Bonchev–Trinajstić information content (AvgIpc) is 0.747. The molecule has 1 amide bonds. The summed E-state index contributed by atoms with van der Waals surface area (Å²) in [5, 5.41) is 15.9. The first-order valence-electron chi connectivity index (χ1n) is 42.1. The number of aliphatic hydroxyl groups excluding tert-OH is 1. The smallest absolute Gasteiger partial charge is 0.303 e. The number of alkyl halides is 3. The number of halogens is 3. The van der Waals surface area contributed by atoms with Crippen LogP contribution in [0.5, 0.6) is 0 Å². The van der Waals surface area contributed by atoms with E-state index in [-0.39, 0.29) is 72.7 Å². The number of carbonyl (C=O) groups is 2. The maximum absolute atomic E-state index is 15.1. The predicted octanol–water partition coefficient (Wildman–Crippen LogP) is 14.0. The number of benzene rings is 8. The lowest BCUT2D eigenvalue weighted by Gasteiger charge is -2.54. The normalized spacial score (nSPS) is 31.2. The van der Waals surface area contributed by atoms with Crippen LogP contribution in [0.4, 0.5) is 0 Å². The summed E-state index contributed by atoms with van der Waals surface area (Å²) in [6.07, 6.45) is -28.8. The summed E-state index contributed by atoms with van der Waals surface area (Å²) in [5.74, 6) is -3.36. The molecule has 0 radical (unpaired) electrons. The minimum absolute atomic E-state index is 0.00515. The summed E-state index contributed by atoms with van der Waals surface area (Å²) in [6, 6.07) is 75.4. The Hall–Kier alpha value is -7.53. The van der Waals surface area contributed by atoms with Crippen LogP contribution >= 0.6 is 34.8 Å². The van der Waals surface area contributed by atoms with Crippen LogP contribution in [0.25, 0.3) is 0 Å². The van der Waals surface area contributed by atoms with Gasteiger partial charge in [-0.3, -0.25) is 9.59 Å². The molecular weight excluding hydrogens is 1660 g/mol. The quantitative estimate of drug-likeness (QED) is 0.0207. The highest BCUT2D eigenvalue weighted by molar-refractivity contribution is 6.76. The topological polar surface area (TPSA) is 260 Å². The van der Waals surface area contributed by atoms with Gasteiger partial charge in [0.2, 0.25) is 0 Å². The molecule has 0 aliphatic carbocycles. The fourth-order valence-electron chi connectivity index (χ4n) is 16.1. The zero-order valence-corrected chi connectivity index (χ0v) is 72.3. The van der Waals surface area contributed by atoms with Crippen molar-refractivity contribution in [1.29, 1.82) is 0 Å². The van der Waals surface area contributed by atoms with Gasteiger partial charge >= 0.3 is 5.97 Å². The second-order valence-corrected chi connectivity index (χ2v) is 34.2. The van der Waals surface area contributed by atoms with E-state index in [0.717, 1.165) is 44.5 Å². The SMILES string of the molecule is C=CCO[C@@H]1O[C@@H](C)[C@H](OCc2ccccc2)[C@@H](O[C@H]2O[C@H](COCc3ccccc3)[C@@H](OCc3ccccc3)[C@H](OCc3ccccc3)[C@H]2OCc2ccccc2)[C@H]1O[C@@H]1O[C@@H]2COC(C)(C)O[C@H]2[C@H](O[C@@H]2O[C@@H](C)[C@H](OCc3ccccc3)[C@@H](OC3O[C@@H](C)C(OCc4ccccc4)[C@@H](OCc4ccccc4)[C@H]3O)[C@H]2OC(C)=O)[C@H]1NC(=O)C(Cl)(Cl)Cl. The van der Waals surface area contributed by atoms with Crippen molar-refractivity contribution in [3.8, 4) is 0 Å². The van der Waals surface area contributed by atoms with Crippen molar-refractivity contribution in [2.75, 3.05) is 19.8 Å². The first-order chi connectivity index (χ1) is 60.2. The van der Waals surface area contributed by atoms with Gasteiger partial charge in [-0.2, -0.15) is 0 Å². The molecule has 6 heterocycles. The molecule has 0 bridgehead atoms. The molecule has 25 atom stereocenters. The number of ether oxygens (including phenoxy) is 21. The summed E-state index contributed by atoms with van der Waals surface area (Å²) in [5.41, 5.74) is 6.76. The molecule has 664 valence electrons. The summed E-state index contributed by atoms with van der Waals surface area (Å²) < 4.78 is 145. The van der Waals surface area contributed by atoms with E-state index < -0.39 is 175 Å². The van der Waals surface area contributed by atoms with E-state index in [0.29, 0.717) is 0 Å². The summed E-state index contributed by atoms with van der Waals surface area (Å²) in [4.78, 5) is 29.2. The summed E-state index contributed by atoms with van der Waals surface area (Å²) in [6.45, 7) is 14.4. The monoisotopic (exact) mass is 1770 g/mol. The third kappa shape index (κ3) is 25.1. The minimum Gasteiger partial charge on any atom is -0.454 e. The Morgan fingerprint density at radius 2 is 0.774 bits per heavy atom. The number of nitrogens with one attached hydrogen (secondary N) is 1. The van der Waals surface area contributed by atoms with Crippen molar-refractivity contribution in [1.82, 2.24) is 5.32 Å². The zero-order chi connectivity index (χ0) is 86.5.